The predicted molar refractivity (Wildman–Crippen MR) is 146 cm³/mol. The molecule has 0 amide bonds. The van der Waals surface area contributed by atoms with Crippen LogP contribution in [-0.2, 0) is 23.7 Å². The normalized spacial score (nSPS) is 18.1. The van der Waals surface area contributed by atoms with Crippen molar-refractivity contribution < 1.29 is 14.1 Å². The topological polar surface area (TPSA) is 137 Å². The second kappa shape index (κ2) is 10.5. The maximum absolute atomic E-state index is 13.3. The molecule has 12 nitrogen and oxygen atoms in total. The molecule has 0 aliphatic carbocycles. The van der Waals surface area contributed by atoms with Gasteiger partial charge in [0.1, 0.15) is 6.33 Å². The number of rotatable bonds is 7. The monoisotopic (exact) mass is 543 g/mol. The summed E-state index contributed by atoms with van der Waals surface area (Å²) < 4.78 is 12.6. The molecule has 1 atom stereocenters. The van der Waals surface area contributed by atoms with Gasteiger partial charge in [-0.15, -0.1) is 0 Å². The van der Waals surface area contributed by atoms with E-state index in [1.54, 1.807) is 4.68 Å². The van der Waals surface area contributed by atoms with E-state index < -0.39 is 0 Å². The van der Waals surface area contributed by atoms with Gasteiger partial charge in [-0.25, -0.2) is 9.97 Å². The number of Topliss-reactive ketones (excluding diaryl/α,β-unsaturated/α-hetero) is 1. The summed E-state index contributed by atoms with van der Waals surface area (Å²) in [5, 5.41) is 11.5. The number of carbonyl (C=O) groups excluding carboxylic acids is 1. The average molecular weight is 544 g/mol. The van der Waals surface area contributed by atoms with Crippen LogP contribution < -0.4 is 5.32 Å². The van der Waals surface area contributed by atoms with Crippen molar-refractivity contribution in [1.29, 1.82) is 0 Å². The van der Waals surface area contributed by atoms with Gasteiger partial charge in [0.25, 0.3) is 5.89 Å². The number of hydrogen-bond donors (Lipinski definition) is 1. The van der Waals surface area contributed by atoms with Gasteiger partial charge in [0.15, 0.2) is 17.5 Å². The molecule has 12 heteroatoms. The van der Waals surface area contributed by atoms with Crippen LogP contribution in [0.1, 0.15) is 67.2 Å². The number of aromatic nitrogens is 7. The highest BCUT2D eigenvalue weighted by Gasteiger charge is 2.33. The van der Waals surface area contributed by atoms with Gasteiger partial charge < -0.3 is 14.6 Å². The molecular formula is C28H33N9O3. The summed E-state index contributed by atoms with van der Waals surface area (Å²) >= 11 is 0. The number of benzene rings is 1. The van der Waals surface area contributed by atoms with Crippen LogP contribution in [0, 0.1) is 0 Å². The molecular weight excluding hydrogens is 510 g/mol. The maximum Gasteiger partial charge on any atom is 0.294 e. The molecule has 5 heterocycles. The molecule has 1 N–H and O–H groups in total. The first-order chi connectivity index (χ1) is 19.2. The van der Waals surface area contributed by atoms with Crippen LogP contribution >= 0.6 is 0 Å². The zero-order chi connectivity index (χ0) is 27.9. The Morgan fingerprint density at radius 2 is 2.00 bits per heavy atom. The number of nitrogens with one attached hydrogen (secondary N) is 1. The first-order valence-electron chi connectivity index (χ1n) is 13.5. The summed E-state index contributed by atoms with van der Waals surface area (Å²) in [6.45, 7) is 9.08. The second-order valence-corrected chi connectivity index (χ2v) is 11.5. The van der Waals surface area contributed by atoms with Gasteiger partial charge >= 0.3 is 0 Å². The molecule has 1 fully saturated rings. The van der Waals surface area contributed by atoms with Gasteiger partial charge in [0, 0.05) is 43.3 Å². The van der Waals surface area contributed by atoms with Gasteiger partial charge in [0.2, 0.25) is 11.7 Å². The molecule has 6 rings (SSSR count). The average Bonchev–Trinajstić information content (AvgIpc) is 3.51. The van der Waals surface area contributed by atoms with E-state index in [1.165, 1.54) is 6.33 Å². The van der Waals surface area contributed by atoms with Crippen molar-refractivity contribution in [3.8, 4) is 11.4 Å². The van der Waals surface area contributed by atoms with Crippen LogP contribution in [0.5, 0.6) is 0 Å². The van der Waals surface area contributed by atoms with E-state index in [1.807, 2.05) is 46.1 Å². The van der Waals surface area contributed by atoms with Crippen LogP contribution in [0.15, 0.2) is 41.3 Å². The van der Waals surface area contributed by atoms with E-state index in [0.717, 1.165) is 49.4 Å². The summed E-state index contributed by atoms with van der Waals surface area (Å²) in [7, 11) is 1.85. The maximum atomic E-state index is 13.3. The number of fused-ring (bicyclic) bond motifs is 1. The first-order valence-corrected chi connectivity index (χ1v) is 13.5. The van der Waals surface area contributed by atoms with E-state index in [2.05, 4.69) is 52.5 Å². The van der Waals surface area contributed by atoms with Gasteiger partial charge in [-0.2, -0.15) is 15.1 Å². The highest BCUT2D eigenvalue weighted by atomic mass is 16.5. The molecule has 2 aliphatic heterocycles. The zero-order valence-electron chi connectivity index (χ0n) is 23.2. The Bertz CT molecular complexity index is 1520. The van der Waals surface area contributed by atoms with Crippen LogP contribution in [0.4, 0.5) is 11.8 Å². The SMILES string of the molecule is Cn1ccc(Nc2ncnc(-c3ccc4c(c3)CN(C3COC3)CC[C@H]4CC(=O)c3nc(C(C)(C)C)no3)n2)n1. The first kappa shape index (κ1) is 26.2. The fourth-order valence-corrected chi connectivity index (χ4v) is 5.06. The Hall–Kier alpha value is -4.03. The van der Waals surface area contributed by atoms with Crippen molar-refractivity contribution >= 4 is 17.5 Å². The summed E-state index contributed by atoms with van der Waals surface area (Å²) in [5.41, 5.74) is 2.89. The number of ether oxygens (including phenoxy) is 1. The molecule has 1 saturated heterocycles. The lowest BCUT2D eigenvalue weighted by Gasteiger charge is -2.36. The number of hydrogen-bond acceptors (Lipinski definition) is 11. The van der Waals surface area contributed by atoms with Crippen LogP contribution in [0.3, 0.4) is 0 Å². The van der Waals surface area contributed by atoms with Crippen LogP contribution in [0.25, 0.3) is 11.4 Å². The van der Waals surface area contributed by atoms with Crippen molar-refractivity contribution in [2.45, 2.75) is 57.5 Å². The van der Waals surface area contributed by atoms with Crippen molar-refractivity contribution in [2.24, 2.45) is 7.05 Å². The molecule has 0 unspecified atom stereocenters. The lowest BCUT2D eigenvalue weighted by Crippen LogP contribution is -2.48. The van der Waals surface area contributed by atoms with Crippen molar-refractivity contribution in [1.82, 2.24) is 39.8 Å². The Kier molecular flexibility index (Phi) is 6.88. The molecule has 2 aliphatic rings. The van der Waals surface area contributed by atoms with E-state index in [0.29, 0.717) is 35.9 Å². The van der Waals surface area contributed by atoms with Gasteiger partial charge in [-0.1, -0.05) is 38.1 Å². The Morgan fingerprint density at radius 1 is 1.15 bits per heavy atom. The summed E-state index contributed by atoms with van der Waals surface area (Å²) in [6, 6.07) is 8.48. The molecule has 0 radical (unpaired) electrons. The van der Waals surface area contributed by atoms with Crippen LogP contribution in [-0.4, -0.2) is 71.4 Å². The number of anilines is 2. The van der Waals surface area contributed by atoms with Gasteiger partial charge in [-0.05, 0) is 36.1 Å². The molecule has 208 valence electrons. The Morgan fingerprint density at radius 3 is 2.70 bits per heavy atom. The summed E-state index contributed by atoms with van der Waals surface area (Å²) in [4.78, 5) is 33.4. The molecule has 3 aromatic heterocycles. The van der Waals surface area contributed by atoms with E-state index in [4.69, 9.17) is 9.26 Å². The van der Waals surface area contributed by atoms with Crippen LogP contribution in [0.2, 0.25) is 0 Å². The van der Waals surface area contributed by atoms with Crippen molar-refractivity contribution in [2.75, 3.05) is 25.1 Å². The predicted octanol–water partition coefficient (Wildman–Crippen LogP) is 3.66. The molecule has 0 spiro atoms. The number of ketones is 1. The standard InChI is InChI=1S/C28H33N9O3/c1-28(2,3)26-33-25(40-35-26)22(38)12-17-7-10-37(20-14-39-15-20)13-19-11-18(5-6-21(17)19)24-29-16-30-27(32-24)31-23-8-9-36(4)34-23/h5-6,8-9,11,16-17,20H,7,10,12-15H2,1-4H3,(H,29,30,31,32,34)/t17-/m0/s1. The van der Waals surface area contributed by atoms with E-state index in [9.17, 15) is 4.79 Å². The Balaban J connectivity index is 1.28. The third kappa shape index (κ3) is 5.50. The number of carbonyl (C=O) groups is 1. The highest BCUT2D eigenvalue weighted by molar-refractivity contribution is 5.92. The Labute approximate surface area is 232 Å². The number of nitrogens with zero attached hydrogens (tertiary/aromatic N) is 8. The second-order valence-electron chi connectivity index (χ2n) is 11.5. The minimum atomic E-state index is -0.291. The largest absolute Gasteiger partial charge is 0.378 e. The smallest absolute Gasteiger partial charge is 0.294 e. The lowest BCUT2D eigenvalue weighted by atomic mass is 9.87. The van der Waals surface area contributed by atoms with Gasteiger partial charge in [-0.3, -0.25) is 14.4 Å². The molecule has 0 saturated carbocycles. The minimum Gasteiger partial charge on any atom is -0.378 e. The molecule has 0 bridgehead atoms. The lowest BCUT2D eigenvalue weighted by molar-refractivity contribution is -0.0677. The molecule has 1 aromatic carbocycles. The fourth-order valence-electron chi connectivity index (χ4n) is 5.06. The minimum absolute atomic E-state index is 0.0206. The van der Waals surface area contributed by atoms with E-state index >= 15 is 0 Å². The molecule has 40 heavy (non-hydrogen) atoms. The molecule has 4 aromatic rings. The highest BCUT2D eigenvalue weighted by Crippen LogP contribution is 2.35. The fraction of sp³-hybridized carbons (Fsp3) is 0.464. The van der Waals surface area contributed by atoms with E-state index in [-0.39, 0.29) is 23.0 Å². The third-order valence-electron chi connectivity index (χ3n) is 7.41. The third-order valence-corrected chi connectivity index (χ3v) is 7.41. The van der Waals surface area contributed by atoms with Gasteiger partial charge in [0.05, 0.1) is 19.3 Å². The summed E-state index contributed by atoms with van der Waals surface area (Å²) in [6.07, 6.45) is 4.49. The van der Waals surface area contributed by atoms with Crippen molar-refractivity contribution in [3.05, 3.63) is 59.6 Å². The number of aryl methyl sites for hydroxylation is 1. The quantitative estimate of drug-likeness (QED) is 0.342. The zero-order valence-corrected chi connectivity index (χ0v) is 23.2. The van der Waals surface area contributed by atoms with Crippen molar-refractivity contribution in [3.63, 3.8) is 0 Å². The summed E-state index contributed by atoms with van der Waals surface area (Å²) in [5.74, 6) is 2.14.